The van der Waals surface area contributed by atoms with Crippen LogP contribution in [0, 0.1) is 0 Å². The number of piperidine rings is 1. The Bertz CT molecular complexity index is 1270. The van der Waals surface area contributed by atoms with Crippen molar-refractivity contribution in [3.8, 4) is 5.75 Å². The lowest BCUT2D eigenvalue weighted by Crippen LogP contribution is -2.41. The Morgan fingerprint density at radius 2 is 1.50 bits per heavy atom. The minimum Gasteiger partial charge on any atom is -0.496 e. The van der Waals surface area contributed by atoms with Crippen LogP contribution in [0.3, 0.4) is 0 Å². The molecule has 1 aliphatic heterocycles. The number of nitrogens with zero attached hydrogens (tertiary/aromatic N) is 2. The van der Waals surface area contributed by atoms with Gasteiger partial charge in [-0.3, -0.25) is 4.90 Å². The zero-order chi connectivity index (χ0) is 32.5. The van der Waals surface area contributed by atoms with Gasteiger partial charge in [-0.15, -0.1) is 0 Å². The van der Waals surface area contributed by atoms with E-state index in [1.54, 1.807) is 7.11 Å². The van der Waals surface area contributed by atoms with Crippen molar-refractivity contribution in [2.75, 3.05) is 60.5 Å². The number of rotatable bonds is 18. The Morgan fingerprint density at radius 1 is 0.870 bits per heavy atom. The van der Waals surface area contributed by atoms with Crippen LogP contribution < -0.4 is 10.1 Å². The molecule has 0 bridgehead atoms. The molecule has 0 atom stereocenters. The summed E-state index contributed by atoms with van der Waals surface area (Å²) in [4.78, 5) is 15.4. The number of benzene rings is 3. The van der Waals surface area contributed by atoms with E-state index < -0.39 is 0 Å². The van der Waals surface area contributed by atoms with Gasteiger partial charge in [0.25, 0.3) is 0 Å². The van der Waals surface area contributed by atoms with E-state index in [9.17, 15) is 4.79 Å². The summed E-state index contributed by atoms with van der Waals surface area (Å²) in [6.45, 7) is 6.41. The normalized spacial score (nSPS) is 14.5. The van der Waals surface area contributed by atoms with E-state index in [0.717, 1.165) is 79.0 Å². The van der Waals surface area contributed by atoms with E-state index in [-0.39, 0.29) is 18.2 Å². The molecule has 1 amide bonds. The Balaban J connectivity index is 1.06. The molecule has 7 heteroatoms. The van der Waals surface area contributed by atoms with E-state index in [4.69, 9.17) is 14.2 Å². The zero-order valence-corrected chi connectivity index (χ0v) is 28.1. The maximum Gasteiger partial charge on any atom is 0.408 e. The SMILES string of the molecule is COc1ccccc1COCCCCCC[N+](C)(C)CC=CCN1CCC(OC(=O)NC(c2ccccc2)c2ccccc2)CC1. The van der Waals surface area contributed by atoms with E-state index >= 15 is 0 Å². The number of hydrogen-bond acceptors (Lipinski definition) is 5. The molecule has 3 aromatic rings. The fourth-order valence-electron chi connectivity index (χ4n) is 5.94. The van der Waals surface area contributed by atoms with E-state index in [2.05, 4.69) is 42.5 Å². The van der Waals surface area contributed by atoms with Gasteiger partial charge in [0, 0.05) is 31.8 Å². The van der Waals surface area contributed by atoms with Crippen LogP contribution in [-0.4, -0.2) is 82.1 Å². The van der Waals surface area contributed by atoms with E-state index in [1.165, 1.54) is 25.8 Å². The van der Waals surface area contributed by atoms with Crippen LogP contribution in [0.2, 0.25) is 0 Å². The van der Waals surface area contributed by atoms with Gasteiger partial charge in [-0.1, -0.05) is 91.4 Å². The topological polar surface area (TPSA) is 60.0 Å². The molecule has 1 heterocycles. The lowest BCUT2D eigenvalue weighted by atomic mass is 9.99. The van der Waals surface area contributed by atoms with Crippen molar-refractivity contribution in [1.29, 1.82) is 0 Å². The van der Waals surface area contributed by atoms with Crippen molar-refractivity contribution in [2.45, 2.75) is 57.3 Å². The highest BCUT2D eigenvalue weighted by Crippen LogP contribution is 2.23. The molecule has 0 aliphatic carbocycles. The van der Waals surface area contributed by atoms with Crippen LogP contribution in [0.4, 0.5) is 4.79 Å². The lowest BCUT2D eigenvalue weighted by molar-refractivity contribution is -0.884. The third-order valence-corrected chi connectivity index (χ3v) is 8.72. The van der Waals surface area contributed by atoms with Crippen LogP contribution in [0.25, 0.3) is 0 Å². The fraction of sp³-hybridized carbons (Fsp3) is 0.462. The predicted octanol–water partition coefficient (Wildman–Crippen LogP) is 7.39. The summed E-state index contributed by atoms with van der Waals surface area (Å²) < 4.78 is 18.1. The standard InChI is InChI=1S/C39H53N3O4/c1-42(2,29-15-4-5-17-31-45-32-35-22-12-13-23-37(35)44-3)30-16-14-26-41-27-24-36(25-28-41)46-39(43)40-38(33-18-8-6-9-19-33)34-20-10-7-11-21-34/h6-14,16,18-23,36,38H,4-5,15,17,24-32H2,1-3H3/p+1. The van der Waals surface area contributed by atoms with Gasteiger partial charge in [-0.05, 0) is 55.4 Å². The first-order valence-electron chi connectivity index (χ1n) is 16.9. The third-order valence-electron chi connectivity index (χ3n) is 8.72. The fourth-order valence-corrected chi connectivity index (χ4v) is 5.94. The summed E-state index contributed by atoms with van der Waals surface area (Å²) in [5.41, 5.74) is 3.18. The number of unbranched alkanes of at least 4 members (excludes halogenated alkanes) is 3. The molecular formula is C39H54N3O4+. The van der Waals surface area contributed by atoms with Gasteiger partial charge < -0.3 is 24.0 Å². The number of ether oxygens (including phenoxy) is 3. The first-order valence-corrected chi connectivity index (χ1v) is 16.9. The number of para-hydroxylation sites is 1. The Hall–Kier alpha value is -3.65. The quantitative estimate of drug-likeness (QED) is 0.0905. The molecule has 7 nitrogen and oxygen atoms in total. The van der Waals surface area contributed by atoms with Crippen molar-refractivity contribution in [3.63, 3.8) is 0 Å². The van der Waals surface area contributed by atoms with Crippen molar-refractivity contribution in [2.24, 2.45) is 0 Å². The summed E-state index contributed by atoms with van der Waals surface area (Å²) in [6.07, 6.45) is 10.7. The molecule has 0 unspecified atom stereocenters. The third kappa shape index (κ3) is 12.3. The molecule has 1 aliphatic rings. The molecule has 1 N–H and O–H groups in total. The molecule has 0 radical (unpaired) electrons. The first kappa shape index (κ1) is 35.2. The van der Waals surface area contributed by atoms with E-state index in [1.807, 2.05) is 78.9 Å². The molecule has 0 saturated carbocycles. The average Bonchev–Trinajstić information content (AvgIpc) is 3.08. The van der Waals surface area contributed by atoms with Crippen molar-refractivity contribution in [1.82, 2.24) is 10.2 Å². The van der Waals surface area contributed by atoms with E-state index in [0.29, 0.717) is 6.61 Å². The molecule has 1 fully saturated rings. The van der Waals surface area contributed by atoms with Gasteiger partial charge in [-0.2, -0.15) is 0 Å². The van der Waals surface area contributed by atoms with Crippen LogP contribution >= 0.6 is 0 Å². The highest BCUT2D eigenvalue weighted by molar-refractivity contribution is 5.69. The maximum atomic E-state index is 12.9. The van der Waals surface area contributed by atoms with Gasteiger partial charge in [0.1, 0.15) is 11.9 Å². The monoisotopic (exact) mass is 628 g/mol. The molecule has 0 spiro atoms. The first-order chi connectivity index (χ1) is 22.4. The maximum absolute atomic E-state index is 12.9. The second kappa shape index (κ2) is 19.1. The number of quaternary nitrogens is 1. The molecule has 1 saturated heterocycles. The Labute approximate surface area is 276 Å². The average molecular weight is 629 g/mol. The molecule has 248 valence electrons. The number of hydrogen-bond donors (Lipinski definition) is 1. The highest BCUT2D eigenvalue weighted by atomic mass is 16.6. The number of likely N-dealkylation sites (N-methyl/N-ethyl adjacent to an activating group) is 1. The van der Waals surface area contributed by atoms with Crippen LogP contribution in [0.15, 0.2) is 97.1 Å². The molecule has 4 rings (SSSR count). The second-order valence-corrected chi connectivity index (χ2v) is 12.9. The Kier molecular flexibility index (Phi) is 14.6. The van der Waals surface area contributed by atoms with Gasteiger partial charge in [-0.25, -0.2) is 4.79 Å². The van der Waals surface area contributed by atoms with Crippen molar-refractivity contribution < 1.29 is 23.5 Å². The smallest absolute Gasteiger partial charge is 0.408 e. The summed E-state index contributed by atoms with van der Waals surface area (Å²) in [6, 6.07) is 27.9. The summed E-state index contributed by atoms with van der Waals surface area (Å²) in [7, 11) is 6.33. The summed E-state index contributed by atoms with van der Waals surface area (Å²) in [5.74, 6) is 0.893. The minimum absolute atomic E-state index is 0.0537. The number of carbonyl (C=O) groups excluding carboxylic acids is 1. The molecule has 46 heavy (non-hydrogen) atoms. The number of alkyl carbamates (subject to hydrolysis) is 1. The van der Waals surface area contributed by atoms with Gasteiger partial charge in [0.15, 0.2) is 0 Å². The molecular weight excluding hydrogens is 574 g/mol. The number of nitrogens with one attached hydrogen (secondary N) is 1. The Morgan fingerprint density at radius 3 is 2.17 bits per heavy atom. The minimum atomic E-state index is -0.353. The zero-order valence-electron chi connectivity index (χ0n) is 28.1. The summed E-state index contributed by atoms with van der Waals surface area (Å²) in [5, 5.41) is 3.11. The predicted molar refractivity (Wildman–Crippen MR) is 186 cm³/mol. The van der Waals surface area contributed by atoms with Crippen molar-refractivity contribution >= 4 is 6.09 Å². The van der Waals surface area contributed by atoms with Crippen LogP contribution in [0.5, 0.6) is 5.75 Å². The number of amides is 1. The van der Waals surface area contributed by atoms with Gasteiger partial charge in [0.2, 0.25) is 0 Å². The lowest BCUT2D eigenvalue weighted by Gasteiger charge is -2.31. The second-order valence-electron chi connectivity index (χ2n) is 12.9. The molecule has 3 aromatic carbocycles. The number of likely N-dealkylation sites (tertiary alicyclic amines) is 1. The van der Waals surface area contributed by atoms with Gasteiger partial charge >= 0.3 is 6.09 Å². The largest absolute Gasteiger partial charge is 0.496 e. The highest BCUT2D eigenvalue weighted by Gasteiger charge is 2.24. The van der Waals surface area contributed by atoms with Crippen LogP contribution in [-0.2, 0) is 16.1 Å². The summed E-state index contributed by atoms with van der Waals surface area (Å²) >= 11 is 0. The van der Waals surface area contributed by atoms with Crippen LogP contribution in [0.1, 0.15) is 61.3 Å². The number of carbonyl (C=O) groups is 1. The van der Waals surface area contributed by atoms with Gasteiger partial charge in [0.05, 0.1) is 46.9 Å². The van der Waals surface area contributed by atoms with Crippen molar-refractivity contribution in [3.05, 3.63) is 114 Å². The molecule has 0 aromatic heterocycles. The number of methoxy groups -OCH3 is 1.